The summed E-state index contributed by atoms with van der Waals surface area (Å²) in [6.45, 7) is 9.39. The Balaban J connectivity index is 2.10. The van der Waals surface area contributed by atoms with Crippen molar-refractivity contribution in [1.29, 1.82) is 0 Å². The fourth-order valence-electron chi connectivity index (χ4n) is 3.76. The second-order valence-electron chi connectivity index (χ2n) is 7.65. The molecule has 0 spiro atoms. The summed E-state index contributed by atoms with van der Waals surface area (Å²) in [7, 11) is 4.18. The van der Waals surface area contributed by atoms with Gasteiger partial charge in [0.25, 0.3) is 0 Å². The van der Waals surface area contributed by atoms with Gasteiger partial charge in [-0.05, 0) is 61.3 Å². The van der Waals surface area contributed by atoms with E-state index in [2.05, 4.69) is 70.2 Å². The lowest BCUT2D eigenvalue weighted by atomic mass is 9.70. The highest BCUT2D eigenvalue weighted by atomic mass is 15.1. The lowest BCUT2D eigenvalue weighted by Gasteiger charge is -2.40. The van der Waals surface area contributed by atoms with Crippen LogP contribution in [-0.2, 0) is 0 Å². The molecule has 0 amide bonds. The third-order valence-electron chi connectivity index (χ3n) is 4.47. The molecule has 1 aliphatic rings. The largest absolute Gasteiger partial charge is 0.382 e. The van der Waals surface area contributed by atoms with Crippen molar-refractivity contribution in [1.82, 2.24) is 0 Å². The van der Waals surface area contributed by atoms with Crippen LogP contribution in [0.4, 0.5) is 11.4 Å². The van der Waals surface area contributed by atoms with Crippen molar-refractivity contribution in [2.75, 3.05) is 24.3 Å². The molecule has 0 aliphatic heterocycles. The monoisotopic (exact) mass is 274 g/mol. The van der Waals surface area contributed by atoms with Gasteiger partial charge in [-0.25, -0.2) is 0 Å². The summed E-state index contributed by atoms with van der Waals surface area (Å²) in [5, 5.41) is 3.78. The first-order chi connectivity index (χ1) is 9.27. The lowest BCUT2D eigenvalue weighted by Crippen LogP contribution is -2.35. The Morgan fingerprint density at radius 1 is 1.20 bits per heavy atom. The first-order valence-corrected chi connectivity index (χ1v) is 7.81. The Morgan fingerprint density at radius 2 is 1.90 bits per heavy atom. The van der Waals surface area contributed by atoms with Gasteiger partial charge in [-0.3, -0.25) is 0 Å². The van der Waals surface area contributed by atoms with E-state index in [1.165, 1.54) is 36.2 Å². The number of aryl methyl sites for hydroxylation is 1. The van der Waals surface area contributed by atoms with Crippen LogP contribution in [-0.4, -0.2) is 20.1 Å². The van der Waals surface area contributed by atoms with Gasteiger partial charge >= 0.3 is 0 Å². The van der Waals surface area contributed by atoms with Gasteiger partial charge in [-0.1, -0.05) is 20.8 Å². The van der Waals surface area contributed by atoms with Crippen LogP contribution >= 0.6 is 0 Å². The maximum atomic E-state index is 3.78. The van der Waals surface area contributed by atoms with E-state index in [1.807, 2.05) is 0 Å². The molecule has 2 unspecified atom stereocenters. The minimum Gasteiger partial charge on any atom is -0.382 e. The van der Waals surface area contributed by atoms with Crippen LogP contribution in [0.2, 0.25) is 0 Å². The molecule has 2 nitrogen and oxygen atoms in total. The summed E-state index contributed by atoms with van der Waals surface area (Å²) < 4.78 is 0. The summed E-state index contributed by atoms with van der Waals surface area (Å²) in [5.74, 6) is 0.817. The number of anilines is 2. The summed E-state index contributed by atoms with van der Waals surface area (Å²) in [4.78, 5) is 2.16. The molecule has 2 rings (SSSR count). The Hall–Kier alpha value is -1.18. The molecular weight excluding hydrogens is 244 g/mol. The average Bonchev–Trinajstić information content (AvgIpc) is 2.28. The van der Waals surface area contributed by atoms with Crippen LogP contribution in [0.5, 0.6) is 0 Å². The van der Waals surface area contributed by atoms with Gasteiger partial charge in [0.05, 0.1) is 0 Å². The van der Waals surface area contributed by atoms with Gasteiger partial charge < -0.3 is 10.2 Å². The highest BCUT2D eigenvalue weighted by Gasteiger charge is 2.31. The molecule has 112 valence electrons. The zero-order chi connectivity index (χ0) is 14.9. The third kappa shape index (κ3) is 3.68. The SMILES string of the molecule is Cc1cc(N(C)C)ccc1NC1CC(C)CC(C)(C)C1. The van der Waals surface area contributed by atoms with E-state index >= 15 is 0 Å². The number of benzene rings is 1. The normalized spacial score (nSPS) is 25.3. The molecule has 2 heteroatoms. The standard InChI is InChI=1S/C18H30N2/c1-13-9-15(12-18(3,4)11-13)19-17-8-7-16(20(5)6)10-14(17)2/h7-8,10,13,15,19H,9,11-12H2,1-6H3. The topological polar surface area (TPSA) is 15.3 Å². The summed E-state index contributed by atoms with van der Waals surface area (Å²) in [5.41, 5.74) is 4.37. The van der Waals surface area contributed by atoms with Gasteiger partial charge in [0.2, 0.25) is 0 Å². The summed E-state index contributed by atoms with van der Waals surface area (Å²) in [6.07, 6.45) is 3.91. The minimum absolute atomic E-state index is 0.465. The summed E-state index contributed by atoms with van der Waals surface area (Å²) in [6, 6.07) is 7.31. The van der Waals surface area contributed by atoms with Crippen molar-refractivity contribution >= 4 is 11.4 Å². The molecule has 1 N–H and O–H groups in total. The van der Waals surface area contributed by atoms with E-state index in [1.54, 1.807) is 0 Å². The number of nitrogens with one attached hydrogen (secondary N) is 1. The van der Waals surface area contributed by atoms with Crippen molar-refractivity contribution in [3.63, 3.8) is 0 Å². The highest BCUT2D eigenvalue weighted by molar-refractivity contribution is 5.60. The molecule has 1 aromatic carbocycles. The first kappa shape index (κ1) is 15.2. The second kappa shape index (κ2) is 5.67. The van der Waals surface area contributed by atoms with E-state index in [0.29, 0.717) is 11.5 Å². The van der Waals surface area contributed by atoms with Crippen LogP contribution in [0.3, 0.4) is 0 Å². The van der Waals surface area contributed by atoms with Crippen molar-refractivity contribution < 1.29 is 0 Å². The van der Waals surface area contributed by atoms with Crippen LogP contribution in [0, 0.1) is 18.3 Å². The lowest BCUT2D eigenvalue weighted by molar-refractivity contribution is 0.178. The minimum atomic E-state index is 0.465. The fourth-order valence-corrected chi connectivity index (χ4v) is 3.76. The zero-order valence-corrected chi connectivity index (χ0v) is 14.0. The Morgan fingerprint density at radius 3 is 2.45 bits per heavy atom. The molecular formula is C18H30N2. The third-order valence-corrected chi connectivity index (χ3v) is 4.47. The maximum Gasteiger partial charge on any atom is 0.0373 e. The average molecular weight is 274 g/mol. The van der Waals surface area contributed by atoms with Crippen molar-refractivity contribution in [3.05, 3.63) is 23.8 Å². The van der Waals surface area contributed by atoms with Gasteiger partial charge in [0, 0.05) is 31.5 Å². The van der Waals surface area contributed by atoms with Crippen LogP contribution in [0.25, 0.3) is 0 Å². The quantitative estimate of drug-likeness (QED) is 0.860. The van der Waals surface area contributed by atoms with Crippen molar-refractivity contribution in [3.8, 4) is 0 Å². The Labute approximate surface area is 124 Å². The van der Waals surface area contributed by atoms with E-state index < -0.39 is 0 Å². The predicted molar refractivity (Wildman–Crippen MR) is 89.7 cm³/mol. The smallest absolute Gasteiger partial charge is 0.0373 e. The van der Waals surface area contributed by atoms with Gasteiger partial charge in [-0.2, -0.15) is 0 Å². The highest BCUT2D eigenvalue weighted by Crippen LogP contribution is 2.39. The molecule has 20 heavy (non-hydrogen) atoms. The molecule has 0 heterocycles. The second-order valence-corrected chi connectivity index (χ2v) is 7.65. The van der Waals surface area contributed by atoms with Crippen LogP contribution in [0.15, 0.2) is 18.2 Å². The molecule has 0 aromatic heterocycles. The molecule has 0 radical (unpaired) electrons. The molecule has 1 aromatic rings. The Kier molecular flexibility index (Phi) is 4.31. The maximum absolute atomic E-state index is 3.78. The molecule has 1 saturated carbocycles. The van der Waals surface area contributed by atoms with Crippen LogP contribution in [0.1, 0.15) is 45.6 Å². The Bertz CT molecular complexity index is 462. The number of nitrogens with zero attached hydrogens (tertiary/aromatic N) is 1. The predicted octanol–water partition coefficient (Wildman–Crippen LogP) is 4.69. The van der Waals surface area contributed by atoms with E-state index in [4.69, 9.17) is 0 Å². The summed E-state index contributed by atoms with van der Waals surface area (Å²) >= 11 is 0. The van der Waals surface area contributed by atoms with Crippen molar-refractivity contribution in [2.45, 2.75) is 53.0 Å². The number of hydrogen-bond acceptors (Lipinski definition) is 2. The number of rotatable bonds is 3. The van der Waals surface area contributed by atoms with Gasteiger partial charge in [0.15, 0.2) is 0 Å². The molecule has 1 fully saturated rings. The zero-order valence-electron chi connectivity index (χ0n) is 14.0. The molecule has 0 saturated heterocycles. The van der Waals surface area contributed by atoms with E-state index in [9.17, 15) is 0 Å². The van der Waals surface area contributed by atoms with Crippen LogP contribution < -0.4 is 10.2 Å². The molecule has 1 aliphatic carbocycles. The van der Waals surface area contributed by atoms with E-state index in [0.717, 1.165) is 5.92 Å². The molecule has 2 atom stereocenters. The molecule has 0 bridgehead atoms. The van der Waals surface area contributed by atoms with E-state index in [-0.39, 0.29) is 0 Å². The van der Waals surface area contributed by atoms with Crippen molar-refractivity contribution in [2.24, 2.45) is 11.3 Å². The first-order valence-electron chi connectivity index (χ1n) is 7.81. The van der Waals surface area contributed by atoms with Gasteiger partial charge in [0.1, 0.15) is 0 Å². The number of hydrogen-bond donors (Lipinski definition) is 1. The van der Waals surface area contributed by atoms with Gasteiger partial charge in [-0.15, -0.1) is 0 Å². The fraction of sp³-hybridized carbons (Fsp3) is 0.667.